The molecule has 1 aromatic carbocycles. The smallest absolute Gasteiger partial charge is 0.261 e. The van der Waals surface area contributed by atoms with Crippen LogP contribution < -0.4 is 5.32 Å². The molecule has 138 valence electrons. The standard InChI is InChI=1S/C20H20N4OS2/c1-13(12-24-10-9-21-14(24)2)11-22-19(25)17-7-8-18(26-17)20-23-15-5-3-4-6-16(15)27-20/h3-10,13H,11-12H2,1-2H3,(H,22,25). The van der Waals surface area contributed by atoms with Gasteiger partial charge >= 0.3 is 0 Å². The van der Waals surface area contributed by atoms with Crippen LogP contribution in [0, 0.1) is 12.8 Å². The number of thiophene rings is 1. The molecule has 0 aliphatic heterocycles. The van der Waals surface area contributed by atoms with Crippen LogP contribution in [-0.4, -0.2) is 27.0 Å². The predicted molar refractivity (Wildman–Crippen MR) is 111 cm³/mol. The van der Waals surface area contributed by atoms with E-state index in [0.29, 0.717) is 12.5 Å². The van der Waals surface area contributed by atoms with Crippen LogP contribution >= 0.6 is 22.7 Å². The minimum Gasteiger partial charge on any atom is -0.351 e. The molecule has 1 N–H and O–H groups in total. The highest BCUT2D eigenvalue weighted by Crippen LogP contribution is 2.34. The highest BCUT2D eigenvalue weighted by molar-refractivity contribution is 7.26. The quantitative estimate of drug-likeness (QED) is 0.518. The molecule has 3 heterocycles. The lowest BCUT2D eigenvalue weighted by molar-refractivity contribution is 0.0951. The maximum absolute atomic E-state index is 12.5. The van der Waals surface area contributed by atoms with Gasteiger partial charge in [-0.1, -0.05) is 19.1 Å². The highest BCUT2D eigenvalue weighted by Gasteiger charge is 2.14. The van der Waals surface area contributed by atoms with Gasteiger partial charge in [0.1, 0.15) is 10.8 Å². The third-order valence-electron chi connectivity index (χ3n) is 4.38. The molecule has 0 saturated carbocycles. The van der Waals surface area contributed by atoms with Crippen LogP contribution in [0.15, 0.2) is 48.8 Å². The van der Waals surface area contributed by atoms with Gasteiger partial charge in [0, 0.05) is 25.5 Å². The maximum atomic E-state index is 12.5. The normalized spacial score (nSPS) is 12.4. The average molecular weight is 397 g/mol. The number of hydrogen-bond acceptors (Lipinski definition) is 5. The van der Waals surface area contributed by atoms with Gasteiger partial charge in [0.25, 0.3) is 5.91 Å². The number of carbonyl (C=O) groups excluding carboxylic acids is 1. The molecule has 0 aliphatic rings. The number of carbonyl (C=O) groups is 1. The van der Waals surface area contributed by atoms with Crippen molar-refractivity contribution in [1.29, 1.82) is 0 Å². The number of fused-ring (bicyclic) bond motifs is 1. The Kier molecular flexibility index (Phi) is 5.05. The molecule has 1 unspecified atom stereocenters. The van der Waals surface area contributed by atoms with Gasteiger partial charge in [-0.15, -0.1) is 22.7 Å². The number of hydrogen-bond donors (Lipinski definition) is 1. The van der Waals surface area contributed by atoms with E-state index in [1.54, 1.807) is 17.5 Å². The SMILES string of the molecule is Cc1nccn1CC(C)CNC(=O)c1ccc(-c2nc3ccccc3s2)s1. The Labute approximate surface area is 165 Å². The van der Waals surface area contributed by atoms with E-state index in [0.717, 1.165) is 37.3 Å². The molecule has 1 amide bonds. The number of imidazole rings is 1. The van der Waals surface area contributed by atoms with Gasteiger partial charge in [-0.2, -0.15) is 0 Å². The Morgan fingerprint density at radius 2 is 2.07 bits per heavy atom. The van der Waals surface area contributed by atoms with Gasteiger partial charge in [-0.3, -0.25) is 4.79 Å². The number of nitrogens with zero attached hydrogens (tertiary/aromatic N) is 3. The number of aromatic nitrogens is 3. The van der Waals surface area contributed by atoms with Gasteiger partial charge in [-0.25, -0.2) is 9.97 Å². The topological polar surface area (TPSA) is 59.8 Å². The summed E-state index contributed by atoms with van der Waals surface area (Å²) in [4.78, 5) is 23.1. The van der Waals surface area contributed by atoms with Crippen LogP contribution in [0.4, 0.5) is 0 Å². The third-order valence-corrected chi connectivity index (χ3v) is 6.67. The van der Waals surface area contributed by atoms with E-state index in [1.165, 1.54) is 11.3 Å². The summed E-state index contributed by atoms with van der Waals surface area (Å²) >= 11 is 3.15. The third kappa shape index (κ3) is 3.94. The summed E-state index contributed by atoms with van der Waals surface area (Å²) < 4.78 is 3.27. The number of nitrogens with one attached hydrogen (secondary N) is 1. The molecule has 27 heavy (non-hydrogen) atoms. The van der Waals surface area contributed by atoms with E-state index in [-0.39, 0.29) is 5.91 Å². The number of rotatable bonds is 6. The van der Waals surface area contributed by atoms with Crippen LogP contribution in [-0.2, 0) is 6.54 Å². The highest BCUT2D eigenvalue weighted by atomic mass is 32.1. The second kappa shape index (κ2) is 7.62. The fourth-order valence-corrected chi connectivity index (χ4v) is 4.85. The minimum absolute atomic E-state index is 0.0263. The Bertz CT molecular complexity index is 1050. The van der Waals surface area contributed by atoms with Gasteiger partial charge in [0.2, 0.25) is 0 Å². The van der Waals surface area contributed by atoms with Crippen LogP contribution in [0.5, 0.6) is 0 Å². The molecule has 4 rings (SSSR count). The van der Waals surface area contributed by atoms with Crippen LogP contribution in [0.2, 0.25) is 0 Å². The molecule has 0 saturated heterocycles. The van der Waals surface area contributed by atoms with Crippen LogP contribution in [0.25, 0.3) is 20.1 Å². The molecule has 0 bridgehead atoms. The lowest BCUT2D eigenvalue weighted by Crippen LogP contribution is -2.29. The van der Waals surface area contributed by atoms with Crippen molar-refractivity contribution in [2.45, 2.75) is 20.4 Å². The van der Waals surface area contributed by atoms with Crippen molar-refractivity contribution in [3.05, 3.63) is 59.5 Å². The molecule has 7 heteroatoms. The van der Waals surface area contributed by atoms with Gasteiger partial charge in [-0.05, 0) is 37.1 Å². The first-order valence-corrected chi connectivity index (χ1v) is 10.4. The van der Waals surface area contributed by atoms with E-state index in [2.05, 4.69) is 32.8 Å². The summed E-state index contributed by atoms with van der Waals surface area (Å²) in [6, 6.07) is 12.0. The first kappa shape index (κ1) is 17.9. The van der Waals surface area contributed by atoms with Gasteiger partial charge < -0.3 is 9.88 Å². The van der Waals surface area contributed by atoms with E-state index >= 15 is 0 Å². The zero-order valence-corrected chi connectivity index (χ0v) is 16.8. The number of thiazole rings is 1. The zero-order valence-electron chi connectivity index (χ0n) is 15.2. The Morgan fingerprint density at radius 1 is 1.22 bits per heavy atom. The summed E-state index contributed by atoms with van der Waals surface area (Å²) in [6.45, 7) is 5.58. The molecule has 0 aliphatic carbocycles. The number of para-hydroxylation sites is 1. The molecular formula is C20H20N4OS2. The predicted octanol–water partition coefficient (Wildman–Crippen LogP) is 4.60. The average Bonchev–Trinajstić information content (AvgIpc) is 3.39. The number of aryl methyl sites for hydroxylation is 1. The molecule has 0 fully saturated rings. The Morgan fingerprint density at radius 3 is 2.85 bits per heavy atom. The summed E-state index contributed by atoms with van der Waals surface area (Å²) in [7, 11) is 0. The van der Waals surface area contributed by atoms with Crippen molar-refractivity contribution in [3.63, 3.8) is 0 Å². The first-order chi connectivity index (χ1) is 13.1. The van der Waals surface area contributed by atoms with Crippen molar-refractivity contribution in [1.82, 2.24) is 19.9 Å². The second-order valence-electron chi connectivity index (χ2n) is 6.59. The van der Waals surface area contributed by atoms with E-state index in [1.807, 2.05) is 43.5 Å². The molecule has 5 nitrogen and oxygen atoms in total. The van der Waals surface area contributed by atoms with E-state index < -0.39 is 0 Å². The minimum atomic E-state index is -0.0263. The maximum Gasteiger partial charge on any atom is 0.261 e. The summed E-state index contributed by atoms with van der Waals surface area (Å²) in [6.07, 6.45) is 3.77. The van der Waals surface area contributed by atoms with Crippen LogP contribution in [0.1, 0.15) is 22.4 Å². The van der Waals surface area contributed by atoms with Crippen molar-refractivity contribution < 1.29 is 4.79 Å². The molecule has 4 aromatic rings. The summed E-state index contributed by atoms with van der Waals surface area (Å²) in [5.74, 6) is 1.29. The second-order valence-corrected chi connectivity index (χ2v) is 8.71. The molecule has 0 radical (unpaired) electrons. The largest absolute Gasteiger partial charge is 0.351 e. The first-order valence-electron chi connectivity index (χ1n) is 8.82. The van der Waals surface area contributed by atoms with Gasteiger partial charge in [0.15, 0.2) is 0 Å². The van der Waals surface area contributed by atoms with Crippen molar-refractivity contribution in [3.8, 4) is 9.88 Å². The summed E-state index contributed by atoms with van der Waals surface area (Å²) in [5.41, 5.74) is 1.00. The summed E-state index contributed by atoms with van der Waals surface area (Å²) in [5, 5.41) is 4.00. The van der Waals surface area contributed by atoms with E-state index in [4.69, 9.17) is 0 Å². The Hall–Kier alpha value is -2.51. The van der Waals surface area contributed by atoms with Crippen molar-refractivity contribution >= 4 is 38.8 Å². The fourth-order valence-electron chi connectivity index (χ4n) is 2.90. The molecule has 1 atom stereocenters. The van der Waals surface area contributed by atoms with Gasteiger partial charge in [0.05, 0.1) is 20.0 Å². The van der Waals surface area contributed by atoms with Crippen molar-refractivity contribution in [2.24, 2.45) is 5.92 Å². The molecule has 0 spiro atoms. The number of benzene rings is 1. The Balaban J connectivity index is 1.39. The lowest BCUT2D eigenvalue weighted by Gasteiger charge is -2.14. The van der Waals surface area contributed by atoms with E-state index in [9.17, 15) is 4.79 Å². The number of amides is 1. The fraction of sp³-hybridized carbons (Fsp3) is 0.250. The monoisotopic (exact) mass is 396 g/mol. The van der Waals surface area contributed by atoms with Crippen molar-refractivity contribution in [2.75, 3.05) is 6.54 Å². The molecule has 3 aromatic heterocycles. The van der Waals surface area contributed by atoms with Crippen LogP contribution in [0.3, 0.4) is 0 Å². The zero-order chi connectivity index (χ0) is 18.8. The lowest BCUT2D eigenvalue weighted by atomic mass is 10.2. The molecular weight excluding hydrogens is 376 g/mol.